The molecule has 0 amide bonds. The zero-order chi connectivity index (χ0) is 13.7. The number of aromatic nitrogens is 2. The molecule has 98 valence electrons. The molecule has 4 nitrogen and oxygen atoms in total. The normalized spacial score (nSPS) is 10.4. The topological polar surface area (TPSA) is 53.6 Å². The van der Waals surface area contributed by atoms with E-state index in [1.807, 2.05) is 23.8 Å². The molecule has 2 aromatic rings. The molecule has 0 aliphatic heterocycles. The van der Waals surface area contributed by atoms with Gasteiger partial charge in [0.1, 0.15) is 11.6 Å². The van der Waals surface area contributed by atoms with Gasteiger partial charge >= 0.3 is 0 Å². The highest BCUT2D eigenvalue weighted by molar-refractivity contribution is 5.34. The second-order valence-corrected chi connectivity index (χ2v) is 4.17. The van der Waals surface area contributed by atoms with Gasteiger partial charge in [-0.05, 0) is 24.7 Å². The van der Waals surface area contributed by atoms with Crippen molar-refractivity contribution >= 4 is 0 Å². The maximum Gasteiger partial charge on any atom is 0.128 e. The van der Waals surface area contributed by atoms with Gasteiger partial charge < -0.3 is 9.88 Å². The molecule has 0 aliphatic carbocycles. The second kappa shape index (κ2) is 6.12. The summed E-state index contributed by atoms with van der Waals surface area (Å²) in [6.45, 7) is 3.89. The predicted octanol–water partition coefficient (Wildman–Crippen LogP) is 2.05. The van der Waals surface area contributed by atoms with Gasteiger partial charge in [0.15, 0.2) is 0 Å². The van der Waals surface area contributed by atoms with Crippen molar-refractivity contribution in [3.63, 3.8) is 0 Å². The van der Waals surface area contributed by atoms with Crippen LogP contribution in [-0.2, 0) is 13.1 Å². The standard InChI is InChI=1S/C14H15FN4/c1-2-17-9-14-18-5-6-19(14)10-12-7-11(8-16)3-4-13(12)15/h3-7,17H,2,9-10H2,1H3. The van der Waals surface area contributed by atoms with E-state index in [0.717, 1.165) is 12.4 Å². The molecule has 1 N–H and O–H groups in total. The van der Waals surface area contributed by atoms with Crippen LogP contribution in [0.5, 0.6) is 0 Å². The van der Waals surface area contributed by atoms with Gasteiger partial charge in [-0.3, -0.25) is 0 Å². The van der Waals surface area contributed by atoms with Gasteiger partial charge in [-0.2, -0.15) is 5.26 Å². The number of benzene rings is 1. The predicted molar refractivity (Wildman–Crippen MR) is 69.8 cm³/mol. The molecule has 0 spiro atoms. The third kappa shape index (κ3) is 3.18. The van der Waals surface area contributed by atoms with Crippen LogP contribution in [0, 0.1) is 17.1 Å². The van der Waals surface area contributed by atoms with Crippen LogP contribution in [0.25, 0.3) is 0 Å². The summed E-state index contributed by atoms with van der Waals surface area (Å²) in [5, 5.41) is 12.0. The first-order chi connectivity index (χ1) is 9.24. The highest BCUT2D eigenvalue weighted by atomic mass is 19.1. The van der Waals surface area contributed by atoms with Crippen LogP contribution >= 0.6 is 0 Å². The molecule has 0 unspecified atom stereocenters. The lowest BCUT2D eigenvalue weighted by Crippen LogP contribution is -2.16. The first-order valence-corrected chi connectivity index (χ1v) is 6.14. The van der Waals surface area contributed by atoms with E-state index in [-0.39, 0.29) is 5.82 Å². The molecule has 0 bridgehead atoms. The smallest absolute Gasteiger partial charge is 0.128 e. The third-order valence-corrected chi connectivity index (χ3v) is 2.85. The molecule has 1 aromatic carbocycles. The Balaban J connectivity index is 2.21. The second-order valence-electron chi connectivity index (χ2n) is 4.17. The molecule has 2 rings (SSSR count). The lowest BCUT2D eigenvalue weighted by molar-refractivity contribution is 0.586. The minimum absolute atomic E-state index is 0.304. The van der Waals surface area contributed by atoms with Crippen molar-refractivity contribution in [3.8, 4) is 6.07 Å². The van der Waals surface area contributed by atoms with Crippen LogP contribution in [0.4, 0.5) is 4.39 Å². The Kier molecular flexibility index (Phi) is 4.26. The Hall–Kier alpha value is -2.19. The Bertz CT molecular complexity index is 598. The molecule has 5 heteroatoms. The van der Waals surface area contributed by atoms with Crippen molar-refractivity contribution in [2.45, 2.75) is 20.0 Å². The fourth-order valence-electron chi connectivity index (χ4n) is 1.84. The van der Waals surface area contributed by atoms with E-state index in [9.17, 15) is 4.39 Å². The number of nitrogens with one attached hydrogen (secondary N) is 1. The van der Waals surface area contributed by atoms with Crippen LogP contribution < -0.4 is 5.32 Å². The quantitative estimate of drug-likeness (QED) is 0.893. The highest BCUT2D eigenvalue weighted by Gasteiger charge is 2.07. The first-order valence-electron chi connectivity index (χ1n) is 6.14. The summed E-state index contributed by atoms with van der Waals surface area (Å²) in [4.78, 5) is 4.24. The van der Waals surface area contributed by atoms with E-state index in [0.29, 0.717) is 24.2 Å². The van der Waals surface area contributed by atoms with Crippen molar-refractivity contribution in [2.75, 3.05) is 6.54 Å². The zero-order valence-electron chi connectivity index (χ0n) is 10.7. The number of hydrogen-bond donors (Lipinski definition) is 1. The Morgan fingerprint density at radius 2 is 2.32 bits per heavy atom. The zero-order valence-corrected chi connectivity index (χ0v) is 10.7. The van der Waals surface area contributed by atoms with Crippen LogP contribution in [0.15, 0.2) is 30.6 Å². The molecule has 0 aliphatic rings. The van der Waals surface area contributed by atoms with Crippen LogP contribution in [-0.4, -0.2) is 16.1 Å². The van der Waals surface area contributed by atoms with E-state index in [1.165, 1.54) is 12.1 Å². The highest BCUT2D eigenvalue weighted by Crippen LogP contribution is 2.13. The van der Waals surface area contributed by atoms with Crippen molar-refractivity contribution in [1.29, 1.82) is 5.26 Å². The Morgan fingerprint density at radius 1 is 1.47 bits per heavy atom. The minimum atomic E-state index is -0.304. The molecule has 0 radical (unpaired) electrons. The number of imidazole rings is 1. The summed E-state index contributed by atoms with van der Waals surface area (Å²) in [6.07, 6.45) is 3.50. The first kappa shape index (κ1) is 13.2. The van der Waals surface area contributed by atoms with E-state index in [4.69, 9.17) is 5.26 Å². The largest absolute Gasteiger partial charge is 0.329 e. The average Bonchev–Trinajstić information content (AvgIpc) is 2.86. The lowest BCUT2D eigenvalue weighted by atomic mass is 10.1. The van der Waals surface area contributed by atoms with Gasteiger partial charge in [0, 0.05) is 18.0 Å². The maximum atomic E-state index is 13.7. The van der Waals surface area contributed by atoms with Gasteiger partial charge in [-0.1, -0.05) is 6.92 Å². The molecule has 19 heavy (non-hydrogen) atoms. The van der Waals surface area contributed by atoms with Crippen LogP contribution in [0.3, 0.4) is 0 Å². The van der Waals surface area contributed by atoms with Gasteiger partial charge in [-0.25, -0.2) is 9.37 Å². The summed E-state index contributed by atoms with van der Waals surface area (Å²) < 4.78 is 15.6. The monoisotopic (exact) mass is 258 g/mol. The Morgan fingerprint density at radius 3 is 3.05 bits per heavy atom. The van der Waals surface area contributed by atoms with E-state index in [2.05, 4.69) is 10.3 Å². The summed E-state index contributed by atoms with van der Waals surface area (Å²) in [5.74, 6) is 0.547. The lowest BCUT2D eigenvalue weighted by Gasteiger charge is -2.09. The molecule has 0 fully saturated rings. The number of nitrogens with zero attached hydrogens (tertiary/aromatic N) is 3. The van der Waals surface area contributed by atoms with E-state index in [1.54, 1.807) is 12.3 Å². The molecule has 1 heterocycles. The summed E-state index contributed by atoms with van der Waals surface area (Å²) in [5.41, 5.74) is 0.958. The van der Waals surface area contributed by atoms with Crippen LogP contribution in [0.1, 0.15) is 23.9 Å². The molecular weight excluding hydrogens is 243 g/mol. The summed E-state index contributed by atoms with van der Waals surface area (Å²) >= 11 is 0. The van der Waals surface area contributed by atoms with Gasteiger partial charge in [0.2, 0.25) is 0 Å². The Labute approximate surface area is 111 Å². The number of rotatable bonds is 5. The average molecular weight is 258 g/mol. The third-order valence-electron chi connectivity index (χ3n) is 2.85. The SMILES string of the molecule is CCNCc1nccn1Cc1cc(C#N)ccc1F. The molecule has 0 saturated carbocycles. The van der Waals surface area contributed by atoms with Gasteiger partial charge in [0.25, 0.3) is 0 Å². The molecule has 1 aromatic heterocycles. The van der Waals surface area contributed by atoms with Crippen molar-refractivity contribution in [3.05, 3.63) is 53.4 Å². The fraction of sp³-hybridized carbons (Fsp3) is 0.286. The molecular formula is C14H15FN4. The molecule has 0 atom stereocenters. The van der Waals surface area contributed by atoms with E-state index >= 15 is 0 Å². The molecule has 0 saturated heterocycles. The van der Waals surface area contributed by atoms with Crippen molar-refractivity contribution < 1.29 is 4.39 Å². The minimum Gasteiger partial charge on any atom is -0.329 e. The summed E-state index contributed by atoms with van der Waals surface area (Å²) in [6, 6.07) is 6.40. The van der Waals surface area contributed by atoms with Crippen molar-refractivity contribution in [2.24, 2.45) is 0 Å². The summed E-state index contributed by atoms with van der Waals surface area (Å²) in [7, 11) is 0. The fourth-order valence-corrected chi connectivity index (χ4v) is 1.84. The van der Waals surface area contributed by atoms with Crippen molar-refractivity contribution in [1.82, 2.24) is 14.9 Å². The van der Waals surface area contributed by atoms with Gasteiger partial charge in [-0.15, -0.1) is 0 Å². The number of hydrogen-bond acceptors (Lipinski definition) is 3. The number of nitriles is 1. The van der Waals surface area contributed by atoms with E-state index < -0.39 is 0 Å². The maximum absolute atomic E-state index is 13.7. The van der Waals surface area contributed by atoms with Gasteiger partial charge in [0.05, 0.1) is 24.7 Å². The van der Waals surface area contributed by atoms with Crippen LogP contribution in [0.2, 0.25) is 0 Å². The number of halogens is 1.